The first kappa shape index (κ1) is 15.2. The molecule has 0 N–H and O–H groups in total. The fourth-order valence-electron chi connectivity index (χ4n) is 2.66. The highest BCUT2D eigenvalue weighted by atomic mass is 16.6. The van der Waals surface area contributed by atoms with Crippen molar-refractivity contribution in [3.05, 3.63) is 58.3 Å². The maximum absolute atomic E-state index is 13.0. The Kier molecular flexibility index (Phi) is 4.34. The van der Waals surface area contributed by atoms with Crippen LogP contribution in [0.25, 0.3) is 21.8 Å². The summed E-state index contributed by atoms with van der Waals surface area (Å²) in [7, 11) is 3.03. The van der Waals surface area contributed by atoms with Crippen molar-refractivity contribution in [2.75, 3.05) is 20.8 Å². The number of methoxy groups -OCH3 is 1. The smallest absolute Gasteiger partial charge is 0.282 e. The van der Waals surface area contributed by atoms with Gasteiger partial charge in [-0.05, 0) is 17.5 Å². The van der Waals surface area contributed by atoms with Crippen LogP contribution in [0.1, 0.15) is 0 Å². The van der Waals surface area contributed by atoms with Crippen LogP contribution in [-0.2, 0) is 16.1 Å². The van der Waals surface area contributed by atoms with Crippen molar-refractivity contribution in [3.63, 3.8) is 0 Å². The molecule has 3 rings (SSSR count). The molecule has 0 saturated carbocycles. The predicted molar refractivity (Wildman–Crippen MR) is 88.0 cm³/mol. The second kappa shape index (κ2) is 6.58. The van der Waals surface area contributed by atoms with Crippen LogP contribution < -0.4 is 10.9 Å². The lowest BCUT2D eigenvalue weighted by molar-refractivity contribution is 0.186. The normalized spacial score (nSPS) is 12.0. The maximum Gasteiger partial charge on any atom is 0.282 e. The quantitative estimate of drug-likeness (QED) is 0.687. The molecule has 0 amide bonds. The first-order valence-corrected chi connectivity index (χ1v) is 7.24. The summed E-state index contributed by atoms with van der Waals surface area (Å²) in [5.41, 5.74) is 0.345. The van der Waals surface area contributed by atoms with Gasteiger partial charge in [-0.15, -0.1) is 0 Å². The average molecular weight is 311 g/mol. The minimum absolute atomic E-state index is 0.256. The predicted octanol–water partition coefficient (Wildman–Crippen LogP) is 1.66. The molecule has 0 aliphatic rings. The second-order valence-corrected chi connectivity index (χ2v) is 4.99. The fraction of sp³-hybridized carbons (Fsp3) is 0.235. The molecule has 0 spiro atoms. The van der Waals surface area contributed by atoms with Gasteiger partial charge in [-0.3, -0.25) is 9.36 Å². The third kappa shape index (κ3) is 2.68. The van der Waals surface area contributed by atoms with E-state index in [1.54, 1.807) is 17.9 Å². The highest BCUT2D eigenvalue weighted by Crippen LogP contribution is 2.19. The highest BCUT2D eigenvalue weighted by Gasteiger charge is 2.10. The minimum atomic E-state index is -0.256. The van der Waals surface area contributed by atoms with Crippen LogP contribution in [0, 0.1) is 0 Å². The van der Waals surface area contributed by atoms with E-state index < -0.39 is 0 Å². The van der Waals surface area contributed by atoms with Gasteiger partial charge in [0.05, 0.1) is 13.2 Å². The molecular weight excluding hydrogens is 294 g/mol. The van der Waals surface area contributed by atoms with Crippen molar-refractivity contribution < 1.29 is 9.57 Å². The topological polar surface area (TPSA) is 65.7 Å². The van der Waals surface area contributed by atoms with E-state index in [-0.39, 0.29) is 10.9 Å². The molecule has 0 saturated heterocycles. The van der Waals surface area contributed by atoms with Crippen molar-refractivity contribution in [3.8, 4) is 0 Å². The summed E-state index contributed by atoms with van der Waals surface area (Å²) in [5, 5.41) is 6.74. The highest BCUT2D eigenvalue weighted by molar-refractivity contribution is 6.03. The molecule has 2 aromatic heterocycles. The lowest BCUT2D eigenvalue weighted by Crippen LogP contribution is -2.34. The van der Waals surface area contributed by atoms with Crippen molar-refractivity contribution in [2.24, 2.45) is 5.16 Å². The Balaban J connectivity index is 2.62. The Morgan fingerprint density at radius 2 is 1.83 bits per heavy atom. The van der Waals surface area contributed by atoms with Gasteiger partial charge in [-0.25, -0.2) is 4.98 Å². The van der Waals surface area contributed by atoms with Gasteiger partial charge in [0, 0.05) is 24.1 Å². The molecule has 1 aromatic carbocycles. The zero-order valence-electron chi connectivity index (χ0n) is 13.0. The van der Waals surface area contributed by atoms with Crippen LogP contribution in [0.2, 0.25) is 0 Å². The molecule has 2 heterocycles. The molecule has 23 heavy (non-hydrogen) atoms. The Labute approximate surface area is 132 Å². The van der Waals surface area contributed by atoms with Crippen LogP contribution in [0.15, 0.2) is 52.5 Å². The van der Waals surface area contributed by atoms with E-state index >= 15 is 0 Å². The Morgan fingerprint density at radius 3 is 2.57 bits per heavy atom. The van der Waals surface area contributed by atoms with Gasteiger partial charge >= 0.3 is 0 Å². The van der Waals surface area contributed by atoms with Crippen LogP contribution in [-0.4, -0.2) is 30.4 Å². The third-order valence-corrected chi connectivity index (χ3v) is 3.66. The number of nitrogens with zero attached hydrogens (tertiary/aromatic N) is 3. The molecule has 0 aliphatic heterocycles. The van der Waals surface area contributed by atoms with Crippen molar-refractivity contribution in [1.82, 2.24) is 9.55 Å². The Morgan fingerprint density at radius 1 is 1.09 bits per heavy atom. The number of aromatic nitrogens is 2. The van der Waals surface area contributed by atoms with E-state index in [0.717, 1.165) is 16.2 Å². The van der Waals surface area contributed by atoms with Gasteiger partial charge in [-0.1, -0.05) is 29.4 Å². The standard InChI is InChI=1S/C17H17N3O3/c1-22-11-10-20-16-14(8-5-9-18-16)12-6-3-4-7-13(12)15(17(20)21)19-23-2/h3-9H,10-11H2,1-2H3/b19-15-. The molecule has 0 unspecified atom stereocenters. The number of pyridine rings is 1. The number of hydrogen-bond donors (Lipinski definition) is 0. The molecule has 0 radical (unpaired) electrons. The second-order valence-electron chi connectivity index (χ2n) is 4.99. The van der Waals surface area contributed by atoms with E-state index in [9.17, 15) is 4.79 Å². The van der Waals surface area contributed by atoms with Crippen LogP contribution in [0.4, 0.5) is 0 Å². The number of rotatable bonds is 4. The zero-order valence-corrected chi connectivity index (χ0v) is 13.0. The third-order valence-electron chi connectivity index (χ3n) is 3.66. The molecule has 3 aromatic rings. The average Bonchev–Trinajstić information content (AvgIpc) is 2.69. The summed E-state index contributed by atoms with van der Waals surface area (Å²) < 4.78 is 6.71. The van der Waals surface area contributed by atoms with Crippen LogP contribution in [0.3, 0.4) is 0 Å². The number of hydrogen-bond acceptors (Lipinski definition) is 5. The zero-order chi connectivity index (χ0) is 16.2. The summed E-state index contributed by atoms with van der Waals surface area (Å²) in [4.78, 5) is 22.3. The summed E-state index contributed by atoms with van der Waals surface area (Å²) in [5.74, 6) is 0. The van der Waals surface area contributed by atoms with Gasteiger partial charge in [0.1, 0.15) is 12.8 Å². The fourth-order valence-corrected chi connectivity index (χ4v) is 2.66. The molecule has 6 nitrogen and oxygen atoms in total. The molecule has 0 aliphatic carbocycles. The van der Waals surface area contributed by atoms with Gasteiger partial charge in [0.15, 0.2) is 5.36 Å². The minimum Gasteiger partial charge on any atom is -0.398 e. The Hall–Kier alpha value is -2.73. The largest absolute Gasteiger partial charge is 0.398 e. The molecule has 118 valence electrons. The number of ether oxygens (including phenoxy) is 1. The Bertz CT molecular complexity index is 980. The van der Waals surface area contributed by atoms with E-state index in [1.165, 1.54) is 7.11 Å². The molecular formula is C17H17N3O3. The summed E-state index contributed by atoms with van der Waals surface area (Å²) in [6, 6.07) is 11.4. The number of fused-ring (bicyclic) bond motifs is 3. The molecule has 0 atom stereocenters. The molecule has 0 bridgehead atoms. The van der Waals surface area contributed by atoms with Crippen molar-refractivity contribution in [2.45, 2.75) is 6.54 Å². The van der Waals surface area contributed by atoms with Crippen molar-refractivity contribution in [1.29, 1.82) is 0 Å². The number of benzene rings is 1. The van der Waals surface area contributed by atoms with Crippen molar-refractivity contribution >= 4 is 21.8 Å². The van der Waals surface area contributed by atoms with Crippen LogP contribution >= 0.6 is 0 Å². The molecule has 6 heteroatoms. The van der Waals surface area contributed by atoms with E-state index in [2.05, 4.69) is 10.1 Å². The maximum atomic E-state index is 13.0. The first-order chi connectivity index (χ1) is 11.3. The summed E-state index contributed by atoms with van der Waals surface area (Å²) >= 11 is 0. The van der Waals surface area contributed by atoms with E-state index in [1.807, 2.05) is 36.4 Å². The van der Waals surface area contributed by atoms with Gasteiger partial charge in [-0.2, -0.15) is 0 Å². The first-order valence-electron chi connectivity index (χ1n) is 7.24. The van der Waals surface area contributed by atoms with E-state index in [4.69, 9.17) is 9.57 Å². The van der Waals surface area contributed by atoms with Gasteiger partial charge in [0.25, 0.3) is 5.56 Å². The lowest BCUT2D eigenvalue weighted by atomic mass is 10.1. The SMILES string of the molecule is COCCn1c(=O)/c(=N\OC)c2ccccc2c2cccnc21. The van der Waals surface area contributed by atoms with Crippen LogP contribution in [0.5, 0.6) is 0 Å². The lowest BCUT2D eigenvalue weighted by Gasteiger charge is -2.05. The van der Waals surface area contributed by atoms with Gasteiger partial charge in [0.2, 0.25) is 0 Å². The molecule has 0 fully saturated rings. The summed E-state index contributed by atoms with van der Waals surface area (Å²) in [6.45, 7) is 0.786. The summed E-state index contributed by atoms with van der Waals surface area (Å²) in [6.07, 6.45) is 1.67. The monoisotopic (exact) mass is 311 g/mol. The van der Waals surface area contributed by atoms with E-state index in [0.29, 0.717) is 18.8 Å². The van der Waals surface area contributed by atoms with Gasteiger partial charge < -0.3 is 9.57 Å².